The first-order chi connectivity index (χ1) is 11.3. The van der Waals surface area contributed by atoms with Crippen LogP contribution in [-0.4, -0.2) is 67.1 Å². The third-order valence-corrected chi connectivity index (χ3v) is 6.34. The number of likely N-dealkylation sites (tertiary alicyclic amines) is 1. The molecular formula is C15H20BrN3O4S. The number of nitrogens with zero attached hydrogens (tertiary/aromatic N) is 3. The van der Waals surface area contributed by atoms with E-state index in [1.54, 1.807) is 11.1 Å². The number of halogens is 1. The number of aromatic nitrogens is 1. The second-order valence-electron chi connectivity index (χ2n) is 6.21. The topological polar surface area (TPSA) is 79.8 Å². The number of hydrogen-bond acceptors (Lipinski definition) is 5. The SMILES string of the molecule is CS(=O)(=O)N1CCC(C(=O)N2CC(Oc3ncccc3Br)C2)CC1. The summed E-state index contributed by atoms with van der Waals surface area (Å²) in [6.07, 6.45) is 4.00. The minimum atomic E-state index is -3.16. The van der Waals surface area contributed by atoms with Crippen LogP contribution in [0.3, 0.4) is 0 Å². The highest BCUT2D eigenvalue weighted by Crippen LogP contribution is 2.27. The van der Waals surface area contributed by atoms with Crippen molar-refractivity contribution in [2.75, 3.05) is 32.4 Å². The van der Waals surface area contributed by atoms with Crippen LogP contribution in [0, 0.1) is 5.92 Å². The van der Waals surface area contributed by atoms with Gasteiger partial charge in [0.1, 0.15) is 6.10 Å². The average molecular weight is 418 g/mol. The zero-order chi connectivity index (χ0) is 17.3. The van der Waals surface area contributed by atoms with Gasteiger partial charge in [0.25, 0.3) is 0 Å². The molecule has 0 saturated carbocycles. The summed E-state index contributed by atoms with van der Waals surface area (Å²) in [5.41, 5.74) is 0. The number of sulfonamides is 1. The zero-order valence-corrected chi connectivity index (χ0v) is 15.8. The molecule has 0 aromatic carbocycles. The van der Waals surface area contributed by atoms with Crippen LogP contribution >= 0.6 is 15.9 Å². The van der Waals surface area contributed by atoms with Crippen LogP contribution in [0.2, 0.25) is 0 Å². The average Bonchev–Trinajstić information content (AvgIpc) is 2.51. The van der Waals surface area contributed by atoms with Gasteiger partial charge in [0.15, 0.2) is 0 Å². The van der Waals surface area contributed by atoms with E-state index in [0.29, 0.717) is 44.9 Å². The Morgan fingerprint density at radius 3 is 2.58 bits per heavy atom. The molecule has 2 aliphatic heterocycles. The van der Waals surface area contributed by atoms with Crippen LogP contribution in [0.15, 0.2) is 22.8 Å². The highest BCUT2D eigenvalue weighted by molar-refractivity contribution is 9.10. The highest BCUT2D eigenvalue weighted by Gasteiger charge is 2.38. The smallest absolute Gasteiger partial charge is 0.228 e. The number of carbonyl (C=O) groups is 1. The van der Waals surface area contributed by atoms with E-state index >= 15 is 0 Å². The van der Waals surface area contributed by atoms with Crippen LogP contribution < -0.4 is 4.74 Å². The van der Waals surface area contributed by atoms with Crippen molar-refractivity contribution in [1.29, 1.82) is 0 Å². The van der Waals surface area contributed by atoms with E-state index in [2.05, 4.69) is 20.9 Å². The Morgan fingerprint density at radius 2 is 2.00 bits per heavy atom. The lowest BCUT2D eigenvalue weighted by Gasteiger charge is -2.41. The van der Waals surface area contributed by atoms with Crippen molar-refractivity contribution >= 4 is 31.9 Å². The van der Waals surface area contributed by atoms with Crippen LogP contribution in [0.4, 0.5) is 0 Å². The maximum Gasteiger partial charge on any atom is 0.228 e. The fraction of sp³-hybridized carbons (Fsp3) is 0.600. The molecule has 7 nitrogen and oxygen atoms in total. The molecule has 9 heteroatoms. The summed E-state index contributed by atoms with van der Waals surface area (Å²) in [4.78, 5) is 18.4. The monoisotopic (exact) mass is 417 g/mol. The summed E-state index contributed by atoms with van der Waals surface area (Å²) in [6, 6.07) is 3.68. The van der Waals surface area contributed by atoms with Gasteiger partial charge in [0.05, 0.1) is 23.8 Å². The van der Waals surface area contributed by atoms with Gasteiger partial charge in [0.2, 0.25) is 21.8 Å². The highest BCUT2D eigenvalue weighted by atomic mass is 79.9. The number of rotatable bonds is 4. The number of piperidine rings is 1. The molecule has 0 atom stereocenters. The van der Waals surface area contributed by atoms with Gasteiger partial charge in [-0.2, -0.15) is 0 Å². The summed E-state index contributed by atoms with van der Waals surface area (Å²) < 4.78 is 31.0. The molecule has 2 saturated heterocycles. The molecule has 1 aromatic rings. The van der Waals surface area contributed by atoms with Crippen LogP contribution in [0.25, 0.3) is 0 Å². The lowest BCUT2D eigenvalue weighted by Crippen LogP contribution is -2.58. The number of amides is 1. The summed E-state index contributed by atoms with van der Waals surface area (Å²) >= 11 is 3.38. The first-order valence-corrected chi connectivity index (χ1v) is 10.5. The van der Waals surface area contributed by atoms with E-state index in [-0.39, 0.29) is 17.9 Å². The number of hydrogen-bond donors (Lipinski definition) is 0. The molecule has 132 valence electrons. The van der Waals surface area contributed by atoms with Gasteiger partial charge < -0.3 is 9.64 Å². The summed E-state index contributed by atoms with van der Waals surface area (Å²) in [5, 5.41) is 0. The summed E-state index contributed by atoms with van der Waals surface area (Å²) in [7, 11) is -3.16. The predicted octanol–water partition coefficient (Wildman–Crippen LogP) is 1.11. The largest absolute Gasteiger partial charge is 0.470 e. The van der Waals surface area contributed by atoms with Crippen LogP contribution in [0.5, 0.6) is 5.88 Å². The van der Waals surface area contributed by atoms with E-state index in [9.17, 15) is 13.2 Å². The van der Waals surface area contributed by atoms with Gasteiger partial charge in [-0.1, -0.05) is 0 Å². The van der Waals surface area contributed by atoms with Gasteiger partial charge in [-0.05, 0) is 40.9 Å². The van der Waals surface area contributed by atoms with Crippen LogP contribution in [-0.2, 0) is 14.8 Å². The Labute approximate surface area is 150 Å². The standard InChI is InChI=1S/C15H20BrN3O4S/c1-24(21,22)19-7-4-11(5-8-19)15(20)18-9-12(10-18)23-14-13(16)3-2-6-17-14/h2-3,6,11-12H,4-5,7-10H2,1H3. The Bertz CT molecular complexity index is 713. The maximum absolute atomic E-state index is 12.5. The molecule has 24 heavy (non-hydrogen) atoms. The van der Waals surface area contributed by atoms with E-state index in [1.165, 1.54) is 10.6 Å². The zero-order valence-electron chi connectivity index (χ0n) is 13.4. The van der Waals surface area contributed by atoms with Crippen molar-refractivity contribution in [3.63, 3.8) is 0 Å². The van der Waals surface area contributed by atoms with Crippen molar-refractivity contribution < 1.29 is 17.9 Å². The maximum atomic E-state index is 12.5. The molecule has 0 bridgehead atoms. The molecular weight excluding hydrogens is 398 g/mol. The van der Waals surface area contributed by atoms with Gasteiger partial charge >= 0.3 is 0 Å². The van der Waals surface area contributed by atoms with Crippen molar-refractivity contribution in [2.45, 2.75) is 18.9 Å². The normalized spacial score (nSPS) is 20.7. The Hall–Kier alpha value is -1.19. The van der Waals surface area contributed by atoms with Crippen molar-refractivity contribution in [3.8, 4) is 5.88 Å². The van der Waals surface area contributed by atoms with Gasteiger partial charge in [-0.15, -0.1) is 0 Å². The fourth-order valence-electron chi connectivity index (χ4n) is 3.00. The minimum absolute atomic E-state index is 0.0451. The van der Waals surface area contributed by atoms with Crippen molar-refractivity contribution in [1.82, 2.24) is 14.2 Å². The number of pyridine rings is 1. The molecule has 0 radical (unpaired) electrons. The summed E-state index contributed by atoms with van der Waals surface area (Å²) in [6.45, 7) is 1.94. The number of carbonyl (C=O) groups excluding carboxylic acids is 1. The molecule has 2 aliphatic rings. The third kappa shape index (κ3) is 3.89. The quantitative estimate of drug-likeness (QED) is 0.732. The van der Waals surface area contributed by atoms with E-state index < -0.39 is 10.0 Å². The predicted molar refractivity (Wildman–Crippen MR) is 92.1 cm³/mol. The van der Waals surface area contributed by atoms with Crippen LogP contribution in [0.1, 0.15) is 12.8 Å². The van der Waals surface area contributed by atoms with Crippen molar-refractivity contribution in [2.24, 2.45) is 5.92 Å². The molecule has 0 aliphatic carbocycles. The lowest BCUT2D eigenvalue weighted by molar-refractivity contribution is -0.145. The minimum Gasteiger partial charge on any atom is -0.470 e. The third-order valence-electron chi connectivity index (χ3n) is 4.43. The van der Waals surface area contributed by atoms with Gasteiger partial charge in [-0.25, -0.2) is 17.7 Å². The van der Waals surface area contributed by atoms with E-state index in [1.807, 2.05) is 12.1 Å². The molecule has 1 amide bonds. The first-order valence-electron chi connectivity index (χ1n) is 7.85. The fourth-order valence-corrected chi connectivity index (χ4v) is 4.22. The Balaban J connectivity index is 1.47. The van der Waals surface area contributed by atoms with Crippen molar-refractivity contribution in [3.05, 3.63) is 22.8 Å². The lowest BCUT2D eigenvalue weighted by atomic mass is 9.95. The molecule has 2 fully saturated rings. The molecule has 0 unspecified atom stereocenters. The molecule has 0 spiro atoms. The van der Waals surface area contributed by atoms with E-state index in [4.69, 9.17) is 4.74 Å². The molecule has 1 aromatic heterocycles. The second kappa shape index (κ2) is 6.97. The Kier molecular flexibility index (Phi) is 5.12. The molecule has 0 N–H and O–H groups in total. The molecule has 3 heterocycles. The summed E-state index contributed by atoms with van der Waals surface area (Å²) in [5.74, 6) is 0.546. The first kappa shape index (κ1) is 17.6. The Morgan fingerprint density at radius 1 is 1.33 bits per heavy atom. The van der Waals surface area contributed by atoms with E-state index in [0.717, 1.165) is 4.47 Å². The molecule has 3 rings (SSSR count). The van der Waals surface area contributed by atoms with Gasteiger partial charge in [-0.3, -0.25) is 4.79 Å². The second-order valence-corrected chi connectivity index (χ2v) is 9.05. The number of ether oxygens (including phenoxy) is 1. The van der Waals surface area contributed by atoms with Gasteiger partial charge in [0, 0.05) is 25.2 Å².